The maximum Gasteiger partial charge on any atom is 0.472 e. The van der Waals surface area contributed by atoms with Gasteiger partial charge in [0.25, 0.3) is 0 Å². The van der Waals surface area contributed by atoms with Crippen LogP contribution in [0.15, 0.2) is 85.1 Å². The van der Waals surface area contributed by atoms with Crippen molar-refractivity contribution in [1.29, 1.82) is 0 Å². The average molecular weight is 931 g/mol. The Morgan fingerprint density at radius 1 is 0.492 bits per heavy atom. The number of quaternary nitrogens is 1. The quantitative estimate of drug-likeness (QED) is 0.0214. The monoisotopic (exact) mass is 931 g/mol. The first-order valence-corrected chi connectivity index (χ1v) is 27.8. The minimum absolute atomic E-state index is 0.0802. The smallest absolute Gasteiger partial charge is 0.457 e. The Hall–Kier alpha value is -2.32. The van der Waals surface area contributed by atoms with Crippen LogP contribution >= 0.6 is 7.82 Å². The van der Waals surface area contributed by atoms with Crippen molar-refractivity contribution in [3.63, 3.8) is 0 Å². The van der Waals surface area contributed by atoms with E-state index in [2.05, 4.69) is 98.9 Å². The largest absolute Gasteiger partial charge is 0.472 e. The Labute approximate surface area is 401 Å². The van der Waals surface area contributed by atoms with Crippen LogP contribution < -0.4 is 0 Å². The zero-order valence-corrected chi connectivity index (χ0v) is 43.6. The lowest BCUT2D eigenvalue weighted by molar-refractivity contribution is -0.870. The van der Waals surface area contributed by atoms with Gasteiger partial charge in [-0.2, -0.15) is 0 Å². The summed E-state index contributed by atoms with van der Waals surface area (Å²) in [7, 11) is 1.64. The molecule has 0 aromatic heterocycles. The lowest BCUT2D eigenvalue weighted by Gasteiger charge is -2.24. The molecule has 8 nitrogen and oxygen atoms in total. The Morgan fingerprint density at radius 3 is 1.34 bits per heavy atom. The van der Waals surface area contributed by atoms with Crippen LogP contribution in [0, 0.1) is 0 Å². The summed E-state index contributed by atoms with van der Waals surface area (Å²) in [5.41, 5.74) is 0. The number of nitrogens with zero attached hydrogens (tertiary/aromatic N) is 1. The van der Waals surface area contributed by atoms with Gasteiger partial charge in [0.05, 0.1) is 34.4 Å². The number of carbonyl (C=O) groups is 1. The molecule has 0 saturated carbocycles. The summed E-state index contributed by atoms with van der Waals surface area (Å²) >= 11 is 0. The van der Waals surface area contributed by atoms with E-state index in [1.165, 1.54) is 103 Å². The minimum Gasteiger partial charge on any atom is -0.457 e. The van der Waals surface area contributed by atoms with Crippen LogP contribution in [0.2, 0.25) is 0 Å². The molecule has 0 aromatic rings. The standard InChI is InChI=1S/C56H100NO7P/c1-6-8-10-12-14-16-18-20-22-24-26-28-30-32-34-36-38-40-42-44-46-48-51-61-53-55(54-63-65(59,60)62-52-50-57(3,4)5)64-56(58)49-47-45-43-41-39-37-35-33-31-29-27-25-23-21-19-17-15-13-11-9-7-2/h8,10,14,16,19-22,25-28,32,34,55H,6-7,9,11-13,15,17-18,23-24,29-31,33,35-54H2,1-5H3/p+1/b10-8-,16-14-,21-19-,22-20-,27-25-,28-26-,34-32-. The van der Waals surface area contributed by atoms with Crippen molar-refractivity contribution in [2.45, 2.75) is 213 Å². The van der Waals surface area contributed by atoms with E-state index in [0.717, 1.165) is 83.5 Å². The summed E-state index contributed by atoms with van der Waals surface area (Å²) in [4.78, 5) is 23.0. The van der Waals surface area contributed by atoms with Gasteiger partial charge in [-0.1, -0.05) is 195 Å². The van der Waals surface area contributed by atoms with Crippen molar-refractivity contribution in [1.82, 2.24) is 0 Å². The molecular formula is C56H101NO7P+. The molecule has 0 aliphatic carbocycles. The lowest BCUT2D eigenvalue weighted by atomic mass is 10.1. The summed E-state index contributed by atoms with van der Waals surface area (Å²) < 4.78 is 35.2. The molecule has 0 saturated heterocycles. The van der Waals surface area contributed by atoms with Crippen molar-refractivity contribution in [2.75, 3.05) is 54.1 Å². The average Bonchev–Trinajstić information content (AvgIpc) is 3.27. The van der Waals surface area contributed by atoms with Gasteiger partial charge in [-0.3, -0.25) is 13.8 Å². The minimum atomic E-state index is -4.29. The van der Waals surface area contributed by atoms with Crippen LogP contribution in [-0.2, 0) is 27.9 Å². The van der Waals surface area contributed by atoms with E-state index in [9.17, 15) is 14.3 Å². The number of carbonyl (C=O) groups excluding carboxylic acids is 1. The van der Waals surface area contributed by atoms with E-state index in [-0.39, 0.29) is 25.8 Å². The molecule has 0 amide bonds. The first-order valence-electron chi connectivity index (χ1n) is 26.3. The van der Waals surface area contributed by atoms with Crippen molar-refractivity contribution >= 4 is 13.8 Å². The SMILES string of the molecule is CC/C=C\C/C=C\C/C=C\C/C=C\C/C=C\CCCCCCCCOCC(COP(=O)(O)OCC[N+](C)(C)C)OC(=O)CCCCCCCCCCC/C=C\C/C=C\CCCCCCC. The fraction of sp³-hybridized carbons (Fsp3) is 0.732. The fourth-order valence-corrected chi connectivity index (χ4v) is 7.65. The van der Waals surface area contributed by atoms with Crippen molar-refractivity contribution in [2.24, 2.45) is 0 Å². The number of rotatable bonds is 48. The number of hydrogen-bond donors (Lipinski definition) is 1. The topological polar surface area (TPSA) is 91.3 Å². The van der Waals surface area contributed by atoms with Gasteiger partial charge < -0.3 is 18.9 Å². The van der Waals surface area contributed by atoms with Crippen LogP contribution in [0.4, 0.5) is 0 Å². The zero-order valence-electron chi connectivity index (χ0n) is 42.7. The summed E-state index contributed by atoms with van der Waals surface area (Å²) in [5, 5.41) is 0. The molecule has 0 fully saturated rings. The van der Waals surface area contributed by atoms with E-state index in [4.69, 9.17) is 18.5 Å². The van der Waals surface area contributed by atoms with Gasteiger partial charge in [0, 0.05) is 13.0 Å². The predicted molar refractivity (Wildman–Crippen MR) is 279 cm³/mol. The van der Waals surface area contributed by atoms with Gasteiger partial charge in [0.1, 0.15) is 19.3 Å². The molecule has 0 aliphatic rings. The van der Waals surface area contributed by atoms with Gasteiger partial charge in [0.2, 0.25) is 0 Å². The molecule has 0 rings (SSSR count). The molecule has 376 valence electrons. The van der Waals surface area contributed by atoms with Crippen molar-refractivity contribution in [3.05, 3.63) is 85.1 Å². The maximum absolute atomic E-state index is 12.8. The van der Waals surface area contributed by atoms with Crippen molar-refractivity contribution < 1.29 is 37.3 Å². The highest BCUT2D eigenvalue weighted by Crippen LogP contribution is 2.43. The molecule has 2 atom stereocenters. The summed E-state index contributed by atoms with van der Waals surface area (Å²) in [6.07, 6.45) is 64.8. The highest BCUT2D eigenvalue weighted by atomic mass is 31.2. The number of allylic oxidation sites excluding steroid dienone is 14. The Morgan fingerprint density at radius 2 is 0.892 bits per heavy atom. The van der Waals surface area contributed by atoms with Crippen molar-refractivity contribution in [3.8, 4) is 0 Å². The molecule has 2 unspecified atom stereocenters. The van der Waals surface area contributed by atoms with Crippen LogP contribution in [0.25, 0.3) is 0 Å². The first-order chi connectivity index (χ1) is 31.6. The molecule has 0 aliphatic heterocycles. The number of phosphoric ester groups is 1. The molecule has 9 heteroatoms. The van der Waals surface area contributed by atoms with E-state index in [1.807, 2.05) is 21.1 Å². The molecule has 1 N–H and O–H groups in total. The Bertz CT molecular complexity index is 1310. The molecule has 0 radical (unpaired) electrons. The second kappa shape index (κ2) is 48.1. The van der Waals surface area contributed by atoms with E-state index >= 15 is 0 Å². The van der Waals surface area contributed by atoms with E-state index in [0.29, 0.717) is 24.1 Å². The third-order valence-electron chi connectivity index (χ3n) is 10.9. The van der Waals surface area contributed by atoms with E-state index in [1.54, 1.807) is 0 Å². The Balaban J connectivity index is 4.20. The molecule has 0 aromatic carbocycles. The van der Waals surface area contributed by atoms with Crippen LogP contribution in [0.1, 0.15) is 206 Å². The van der Waals surface area contributed by atoms with Gasteiger partial charge in [-0.05, 0) is 89.9 Å². The summed E-state index contributed by atoms with van der Waals surface area (Å²) in [6.45, 7) is 5.46. The lowest BCUT2D eigenvalue weighted by Crippen LogP contribution is -2.37. The molecular weight excluding hydrogens is 830 g/mol. The fourth-order valence-electron chi connectivity index (χ4n) is 6.90. The second-order valence-corrected chi connectivity index (χ2v) is 20.0. The number of esters is 1. The molecule has 65 heavy (non-hydrogen) atoms. The number of ether oxygens (including phenoxy) is 2. The molecule has 0 heterocycles. The number of hydrogen-bond acceptors (Lipinski definition) is 6. The maximum atomic E-state index is 12.8. The van der Waals surface area contributed by atoms with Gasteiger partial charge >= 0.3 is 13.8 Å². The molecule has 0 bridgehead atoms. The third kappa shape index (κ3) is 52.5. The summed E-state index contributed by atoms with van der Waals surface area (Å²) in [6, 6.07) is 0. The highest BCUT2D eigenvalue weighted by molar-refractivity contribution is 7.47. The van der Waals surface area contributed by atoms with Crippen LogP contribution in [0.3, 0.4) is 0 Å². The Kier molecular flexibility index (Phi) is 46.4. The van der Waals surface area contributed by atoms with Gasteiger partial charge in [0.15, 0.2) is 0 Å². The third-order valence-corrected chi connectivity index (χ3v) is 11.9. The van der Waals surface area contributed by atoms with Crippen LogP contribution in [0.5, 0.6) is 0 Å². The number of phosphoric acid groups is 1. The first kappa shape index (κ1) is 62.7. The van der Waals surface area contributed by atoms with Gasteiger partial charge in [-0.25, -0.2) is 4.57 Å². The summed E-state index contributed by atoms with van der Waals surface area (Å²) in [5.74, 6) is -0.326. The highest BCUT2D eigenvalue weighted by Gasteiger charge is 2.26. The van der Waals surface area contributed by atoms with Gasteiger partial charge in [-0.15, -0.1) is 0 Å². The number of likely N-dealkylation sites (N-methyl/N-ethyl adjacent to an activating group) is 1. The van der Waals surface area contributed by atoms with E-state index < -0.39 is 13.9 Å². The number of unbranched alkanes of at least 4 members (excludes halogenated alkanes) is 20. The zero-order chi connectivity index (χ0) is 47.6. The predicted octanol–water partition coefficient (Wildman–Crippen LogP) is 16.4. The van der Waals surface area contributed by atoms with Crippen LogP contribution in [-0.4, -0.2) is 75.6 Å². The second-order valence-electron chi connectivity index (χ2n) is 18.5. The normalized spacial score (nSPS) is 14.2. The molecule has 0 spiro atoms.